The van der Waals surface area contributed by atoms with Crippen LogP contribution in [0.4, 0.5) is 4.39 Å². The maximum Gasteiger partial charge on any atom is 0.297 e. The van der Waals surface area contributed by atoms with Crippen LogP contribution in [0.5, 0.6) is 0 Å². The molecule has 0 heterocycles. The van der Waals surface area contributed by atoms with Gasteiger partial charge in [0.15, 0.2) is 0 Å². The van der Waals surface area contributed by atoms with Crippen LogP contribution in [0.1, 0.15) is 20.8 Å². The molecular formula is C10H13FO3S. The lowest BCUT2D eigenvalue weighted by molar-refractivity contribution is 0.139. The van der Waals surface area contributed by atoms with Crippen molar-refractivity contribution in [2.45, 2.75) is 31.3 Å². The molecule has 1 rings (SSSR count). The van der Waals surface area contributed by atoms with Gasteiger partial charge in [0.25, 0.3) is 10.1 Å². The Hall–Kier alpha value is -0.940. The molecule has 1 aromatic rings. The molecule has 0 atom stereocenters. The van der Waals surface area contributed by atoms with Gasteiger partial charge in [-0.15, -0.1) is 0 Å². The van der Waals surface area contributed by atoms with Crippen molar-refractivity contribution in [1.29, 1.82) is 0 Å². The average Bonchev–Trinajstić information content (AvgIpc) is 2.00. The zero-order valence-corrected chi connectivity index (χ0v) is 9.64. The molecule has 0 saturated heterocycles. The molecule has 1 aromatic carbocycles. The summed E-state index contributed by atoms with van der Waals surface area (Å²) in [6.45, 7) is 4.90. The number of rotatable bonds is 2. The van der Waals surface area contributed by atoms with Crippen molar-refractivity contribution in [1.82, 2.24) is 0 Å². The average molecular weight is 232 g/mol. The molecule has 0 radical (unpaired) electrons. The molecule has 0 amide bonds. The first-order valence-electron chi connectivity index (χ1n) is 4.42. The van der Waals surface area contributed by atoms with Gasteiger partial charge in [-0.3, -0.25) is 4.18 Å². The van der Waals surface area contributed by atoms with Crippen LogP contribution in [-0.4, -0.2) is 14.0 Å². The van der Waals surface area contributed by atoms with E-state index in [-0.39, 0.29) is 4.90 Å². The highest BCUT2D eigenvalue weighted by Gasteiger charge is 2.23. The van der Waals surface area contributed by atoms with Crippen molar-refractivity contribution in [3.8, 4) is 0 Å². The SMILES string of the molecule is CC(C)(C)OS(=O)(=O)c1ccc(F)cc1. The fraction of sp³-hybridized carbons (Fsp3) is 0.400. The lowest BCUT2D eigenvalue weighted by Gasteiger charge is -2.18. The zero-order valence-electron chi connectivity index (χ0n) is 8.82. The van der Waals surface area contributed by atoms with Crippen molar-refractivity contribution in [2.24, 2.45) is 0 Å². The van der Waals surface area contributed by atoms with E-state index < -0.39 is 21.5 Å². The number of hydrogen-bond donors (Lipinski definition) is 0. The summed E-state index contributed by atoms with van der Waals surface area (Å²) in [7, 11) is -3.80. The first-order valence-corrected chi connectivity index (χ1v) is 5.83. The van der Waals surface area contributed by atoms with E-state index in [1.54, 1.807) is 20.8 Å². The Labute approximate surface area is 89.0 Å². The predicted molar refractivity (Wildman–Crippen MR) is 54.4 cm³/mol. The second-order valence-electron chi connectivity index (χ2n) is 4.10. The lowest BCUT2D eigenvalue weighted by atomic mass is 10.2. The zero-order chi connectivity index (χ0) is 11.7. The Morgan fingerprint density at radius 3 is 2.00 bits per heavy atom. The maximum atomic E-state index is 12.6. The molecule has 0 unspecified atom stereocenters. The number of halogens is 1. The molecule has 15 heavy (non-hydrogen) atoms. The Morgan fingerprint density at radius 2 is 1.60 bits per heavy atom. The third-order valence-corrected chi connectivity index (χ3v) is 3.03. The molecule has 0 aliphatic carbocycles. The van der Waals surface area contributed by atoms with Crippen molar-refractivity contribution in [3.63, 3.8) is 0 Å². The number of hydrogen-bond acceptors (Lipinski definition) is 3. The normalized spacial score (nSPS) is 12.8. The second kappa shape index (κ2) is 3.90. The molecule has 0 saturated carbocycles. The molecule has 84 valence electrons. The van der Waals surface area contributed by atoms with Crippen LogP contribution >= 0.6 is 0 Å². The summed E-state index contributed by atoms with van der Waals surface area (Å²) in [5, 5.41) is 0. The Kier molecular flexibility index (Phi) is 3.16. The molecule has 0 N–H and O–H groups in total. The Morgan fingerprint density at radius 1 is 1.13 bits per heavy atom. The summed E-state index contributed by atoms with van der Waals surface area (Å²) in [6.07, 6.45) is 0. The standard InChI is InChI=1S/C10H13FO3S/c1-10(2,3)14-15(12,13)9-6-4-8(11)5-7-9/h4-7H,1-3H3. The maximum absolute atomic E-state index is 12.6. The smallest absolute Gasteiger partial charge is 0.261 e. The van der Waals surface area contributed by atoms with Crippen LogP contribution in [0.25, 0.3) is 0 Å². The molecule has 0 aromatic heterocycles. The van der Waals surface area contributed by atoms with Gasteiger partial charge < -0.3 is 0 Å². The van der Waals surface area contributed by atoms with Crippen molar-refractivity contribution in [3.05, 3.63) is 30.1 Å². The Bertz CT molecular complexity index is 429. The molecule has 3 nitrogen and oxygen atoms in total. The highest BCUT2D eigenvalue weighted by Crippen LogP contribution is 2.19. The van der Waals surface area contributed by atoms with Gasteiger partial charge in [-0.05, 0) is 45.0 Å². The van der Waals surface area contributed by atoms with E-state index in [0.29, 0.717) is 0 Å². The van der Waals surface area contributed by atoms with E-state index in [9.17, 15) is 12.8 Å². The van der Waals surface area contributed by atoms with Gasteiger partial charge in [0, 0.05) is 0 Å². The summed E-state index contributed by atoms with van der Waals surface area (Å²) >= 11 is 0. The molecule has 0 spiro atoms. The summed E-state index contributed by atoms with van der Waals surface area (Å²) < 4.78 is 40.7. The number of benzene rings is 1. The monoisotopic (exact) mass is 232 g/mol. The summed E-state index contributed by atoms with van der Waals surface area (Å²) in [6, 6.07) is 4.52. The highest BCUT2D eigenvalue weighted by molar-refractivity contribution is 7.86. The van der Waals surface area contributed by atoms with E-state index in [0.717, 1.165) is 12.1 Å². The van der Waals surface area contributed by atoms with Gasteiger partial charge in [0.2, 0.25) is 0 Å². The van der Waals surface area contributed by atoms with Gasteiger partial charge in [-0.25, -0.2) is 4.39 Å². The van der Waals surface area contributed by atoms with Crippen molar-refractivity contribution in [2.75, 3.05) is 0 Å². The topological polar surface area (TPSA) is 43.4 Å². The van der Waals surface area contributed by atoms with Crippen molar-refractivity contribution >= 4 is 10.1 Å². The van der Waals surface area contributed by atoms with Crippen LogP contribution in [0.15, 0.2) is 29.2 Å². The molecular weight excluding hydrogens is 219 g/mol. The fourth-order valence-electron chi connectivity index (χ4n) is 0.978. The molecule has 0 aliphatic heterocycles. The van der Waals surface area contributed by atoms with Gasteiger partial charge in [-0.1, -0.05) is 0 Å². The summed E-state index contributed by atoms with van der Waals surface area (Å²) in [5.74, 6) is -0.482. The summed E-state index contributed by atoms with van der Waals surface area (Å²) in [4.78, 5) is -0.0428. The van der Waals surface area contributed by atoms with Crippen LogP contribution < -0.4 is 0 Å². The van der Waals surface area contributed by atoms with E-state index >= 15 is 0 Å². The van der Waals surface area contributed by atoms with Crippen LogP contribution in [0.3, 0.4) is 0 Å². The minimum atomic E-state index is -3.80. The van der Waals surface area contributed by atoms with Crippen LogP contribution in [0, 0.1) is 5.82 Å². The second-order valence-corrected chi connectivity index (χ2v) is 5.65. The molecule has 5 heteroatoms. The highest BCUT2D eigenvalue weighted by atomic mass is 32.2. The quantitative estimate of drug-likeness (QED) is 0.735. The third-order valence-electron chi connectivity index (χ3n) is 1.46. The van der Waals surface area contributed by atoms with E-state index in [4.69, 9.17) is 4.18 Å². The lowest BCUT2D eigenvalue weighted by Crippen LogP contribution is -2.24. The minimum Gasteiger partial charge on any atom is -0.261 e. The van der Waals surface area contributed by atoms with E-state index in [1.165, 1.54) is 12.1 Å². The summed E-state index contributed by atoms with van der Waals surface area (Å²) in [5.41, 5.74) is -0.798. The van der Waals surface area contributed by atoms with Crippen molar-refractivity contribution < 1.29 is 17.0 Å². The van der Waals surface area contributed by atoms with E-state index in [1.807, 2.05) is 0 Å². The molecule has 0 bridgehead atoms. The van der Waals surface area contributed by atoms with Gasteiger partial charge in [-0.2, -0.15) is 8.42 Å². The van der Waals surface area contributed by atoms with Gasteiger partial charge in [0.1, 0.15) is 5.82 Å². The fourth-order valence-corrected chi connectivity index (χ4v) is 2.20. The van der Waals surface area contributed by atoms with Crippen LogP contribution in [0.2, 0.25) is 0 Å². The molecule has 0 aliphatic rings. The first-order chi connectivity index (χ1) is 6.71. The third kappa shape index (κ3) is 3.60. The van der Waals surface area contributed by atoms with Gasteiger partial charge >= 0.3 is 0 Å². The van der Waals surface area contributed by atoms with E-state index in [2.05, 4.69) is 0 Å². The molecule has 0 fully saturated rings. The predicted octanol–water partition coefficient (Wildman–Crippen LogP) is 2.33. The van der Waals surface area contributed by atoms with Gasteiger partial charge in [0.05, 0.1) is 10.5 Å². The Balaban J connectivity index is 3.02. The first kappa shape index (κ1) is 12.1. The largest absolute Gasteiger partial charge is 0.297 e. The van der Waals surface area contributed by atoms with Crippen LogP contribution in [-0.2, 0) is 14.3 Å². The minimum absolute atomic E-state index is 0.0428.